The molecule has 0 spiro atoms. The summed E-state index contributed by atoms with van der Waals surface area (Å²) < 4.78 is 25.6. The number of hydrogen-bond donors (Lipinski definition) is 0. The Morgan fingerprint density at radius 1 is 1.07 bits per heavy atom. The lowest BCUT2D eigenvalue weighted by molar-refractivity contribution is 0.0988. The van der Waals surface area contributed by atoms with Gasteiger partial charge < -0.3 is 4.90 Å². The van der Waals surface area contributed by atoms with Gasteiger partial charge in [0.1, 0.15) is 0 Å². The summed E-state index contributed by atoms with van der Waals surface area (Å²) >= 11 is 0. The number of fused-ring (bicyclic) bond motifs is 2. The van der Waals surface area contributed by atoms with E-state index in [1.807, 2.05) is 55.5 Å². The Kier molecular flexibility index (Phi) is 5.04. The van der Waals surface area contributed by atoms with Crippen LogP contribution in [0.3, 0.4) is 0 Å². The number of carbonyl (C=O) groups excluding carboxylic acids is 1. The summed E-state index contributed by atoms with van der Waals surface area (Å²) in [4.78, 5) is 15.2. The highest BCUT2D eigenvalue weighted by Gasteiger charge is 2.26. The van der Waals surface area contributed by atoms with Gasteiger partial charge in [0, 0.05) is 24.0 Å². The van der Waals surface area contributed by atoms with Crippen molar-refractivity contribution >= 4 is 38.1 Å². The molecule has 0 radical (unpaired) electrons. The van der Waals surface area contributed by atoms with E-state index < -0.39 is 10.0 Å². The zero-order valence-corrected chi connectivity index (χ0v) is 17.4. The van der Waals surface area contributed by atoms with Crippen LogP contribution in [-0.2, 0) is 16.4 Å². The zero-order valence-electron chi connectivity index (χ0n) is 16.6. The minimum absolute atomic E-state index is 0.0804. The van der Waals surface area contributed by atoms with Crippen molar-refractivity contribution in [3.63, 3.8) is 0 Å². The highest BCUT2D eigenvalue weighted by Crippen LogP contribution is 2.32. The van der Waals surface area contributed by atoms with Gasteiger partial charge >= 0.3 is 0 Å². The van der Waals surface area contributed by atoms with Gasteiger partial charge in [-0.05, 0) is 55.0 Å². The highest BCUT2D eigenvalue weighted by atomic mass is 32.2. The van der Waals surface area contributed by atoms with Crippen molar-refractivity contribution in [1.82, 2.24) is 0 Å². The molecule has 29 heavy (non-hydrogen) atoms. The van der Waals surface area contributed by atoms with E-state index in [-0.39, 0.29) is 5.91 Å². The van der Waals surface area contributed by atoms with E-state index in [0.717, 1.165) is 34.9 Å². The average molecular weight is 409 g/mol. The minimum atomic E-state index is -3.32. The van der Waals surface area contributed by atoms with Gasteiger partial charge in [-0.3, -0.25) is 9.10 Å². The van der Waals surface area contributed by atoms with Crippen molar-refractivity contribution in [2.45, 2.75) is 19.8 Å². The zero-order chi connectivity index (χ0) is 20.6. The molecule has 1 amide bonds. The standard InChI is InChI=1S/C23H24N2O3S/c1-3-24(22-12-6-9-17-8-4-5-11-20(17)22)23(26)19-13-14-21-18(16-19)10-7-15-25(21)29(2,27)28/h4-6,8-9,11-14,16H,3,7,10,15H2,1-2H3. The SMILES string of the molecule is CCN(C(=O)c1ccc2c(c1)CCCN2S(C)(=O)=O)c1cccc2ccccc12. The van der Waals surface area contributed by atoms with Crippen LogP contribution in [-0.4, -0.2) is 33.7 Å². The van der Waals surface area contributed by atoms with Gasteiger partial charge in [-0.1, -0.05) is 36.4 Å². The summed E-state index contributed by atoms with van der Waals surface area (Å²) in [7, 11) is -3.32. The van der Waals surface area contributed by atoms with Gasteiger partial charge in [-0.15, -0.1) is 0 Å². The first-order valence-corrected chi connectivity index (χ1v) is 11.6. The van der Waals surface area contributed by atoms with Gasteiger partial charge in [0.2, 0.25) is 10.0 Å². The summed E-state index contributed by atoms with van der Waals surface area (Å²) in [5.74, 6) is -0.0804. The first kappa shape index (κ1) is 19.5. The molecule has 0 atom stereocenters. The number of sulfonamides is 1. The van der Waals surface area contributed by atoms with E-state index in [1.54, 1.807) is 17.0 Å². The van der Waals surface area contributed by atoms with Crippen molar-refractivity contribution in [2.75, 3.05) is 28.6 Å². The fourth-order valence-corrected chi connectivity index (χ4v) is 5.06. The Hall–Kier alpha value is -2.86. The molecular weight excluding hydrogens is 384 g/mol. The molecule has 1 heterocycles. The van der Waals surface area contributed by atoms with Crippen LogP contribution in [0.4, 0.5) is 11.4 Å². The number of benzene rings is 3. The van der Waals surface area contributed by atoms with Gasteiger partial charge in [-0.25, -0.2) is 8.42 Å². The molecule has 0 N–H and O–H groups in total. The second kappa shape index (κ2) is 7.52. The summed E-state index contributed by atoms with van der Waals surface area (Å²) in [5, 5.41) is 2.12. The summed E-state index contributed by atoms with van der Waals surface area (Å²) in [6, 6.07) is 19.3. The molecule has 5 nitrogen and oxygen atoms in total. The normalized spacial score (nSPS) is 13.9. The van der Waals surface area contributed by atoms with Crippen LogP contribution in [0.25, 0.3) is 10.8 Å². The molecule has 1 aliphatic rings. The number of hydrogen-bond acceptors (Lipinski definition) is 3. The van der Waals surface area contributed by atoms with E-state index in [2.05, 4.69) is 0 Å². The molecule has 0 saturated carbocycles. The molecule has 0 fully saturated rings. The van der Waals surface area contributed by atoms with E-state index in [4.69, 9.17) is 0 Å². The van der Waals surface area contributed by atoms with Gasteiger partial charge in [0.05, 0.1) is 17.6 Å². The van der Waals surface area contributed by atoms with E-state index in [9.17, 15) is 13.2 Å². The lowest BCUT2D eigenvalue weighted by Gasteiger charge is -2.30. The summed E-state index contributed by atoms with van der Waals surface area (Å²) in [6.07, 6.45) is 2.74. The van der Waals surface area contributed by atoms with Crippen molar-refractivity contribution in [3.8, 4) is 0 Å². The average Bonchev–Trinajstić information content (AvgIpc) is 2.73. The summed E-state index contributed by atoms with van der Waals surface area (Å²) in [5.41, 5.74) is 3.05. The van der Waals surface area contributed by atoms with Crippen LogP contribution in [0.1, 0.15) is 29.3 Å². The highest BCUT2D eigenvalue weighted by molar-refractivity contribution is 7.92. The Labute approximate surface area is 171 Å². The lowest BCUT2D eigenvalue weighted by Crippen LogP contribution is -2.35. The quantitative estimate of drug-likeness (QED) is 0.649. The van der Waals surface area contributed by atoms with Gasteiger partial charge in [0.15, 0.2) is 0 Å². The second-order valence-corrected chi connectivity index (χ2v) is 9.24. The van der Waals surface area contributed by atoms with Crippen molar-refractivity contribution in [2.24, 2.45) is 0 Å². The van der Waals surface area contributed by atoms with Crippen LogP contribution >= 0.6 is 0 Å². The van der Waals surface area contributed by atoms with Crippen LogP contribution in [0.5, 0.6) is 0 Å². The molecule has 0 aromatic heterocycles. The smallest absolute Gasteiger partial charge is 0.258 e. The van der Waals surface area contributed by atoms with Crippen LogP contribution < -0.4 is 9.21 Å². The van der Waals surface area contributed by atoms with E-state index in [1.165, 1.54) is 10.6 Å². The third-order valence-corrected chi connectivity index (χ3v) is 6.60. The Morgan fingerprint density at radius 2 is 1.83 bits per heavy atom. The number of amides is 1. The molecule has 0 unspecified atom stereocenters. The van der Waals surface area contributed by atoms with Crippen molar-refractivity contribution in [1.29, 1.82) is 0 Å². The molecule has 6 heteroatoms. The Bertz CT molecular complexity index is 1180. The molecule has 3 aromatic rings. The Morgan fingerprint density at radius 3 is 2.59 bits per heavy atom. The molecule has 0 aliphatic carbocycles. The third kappa shape index (κ3) is 3.60. The van der Waals surface area contributed by atoms with Gasteiger partial charge in [0.25, 0.3) is 5.91 Å². The fraction of sp³-hybridized carbons (Fsp3) is 0.261. The maximum absolute atomic E-state index is 13.4. The topological polar surface area (TPSA) is 57.7 Å². The molecule has 1 aliphatic heterocycles. The molecule has 0 bridgehead atoms. The molecule has 0 saturated heterocycles. The monoisotopic (exact) mass is 408 g/mol. The first-order valence-electron chi connectivity index (χ1n) is 9.80. The van der Waals surface area contributed by atoms with E-state index in [0.29, 0.717) is 24.3 Å². The maximum atomic E-state index is 13.4. The van der Waals surface area contributed by atoms with Crippen molar-refractivity contribution < 1.29 is 13.2 Å². The maximum Gasteiger partial charge on any atom is 0.258 e. The number of carbonyl (C=O) groups is 1. The fourth-order valence-electron chi connectivity index (χ4n) is 4.06. The predicted octanol–water partition coefficient (Wildman–Crippen LogP) is 4.22. The van der Waals surface area contributed by atoms with Crippen LogP contribution in [0.15, 0.2) is 60.7 Å². The van der Waals surface area contributed by atoms with Crippen molar-refractivity contribution in [3.05, 3.63) is 71.8 Å². The minimum Gasteiger partial charge on any atom is -0.308 e. The predicted molar refractivity (Wildman–Crippen MR) is 118 cm³/mol. The molecular formula is C23H24N2O3S. The first-order chi connectivity index (χ1) is 13.9. The Balaban J connectivity index is 1.74. The molecule has 150 valence electrons. The summed E-state index contributed by atoms with van der Waals surface area (Å²) in [6.45, 7) is 2.99. The number of rotatable bonds is 4. The molecule has 4 rings (SSSR count). The van der Waals surface area contributed by atoms with Crippen LogP contribution in [0, 0.1) is 0 Å². The van der Waals surface area contributed by atoms with Crippen LogP contribution in [0.2, 0.25) is 0 Å². The second-order valence-electron chi connectivity index (χ2n) is 7.33. The number of anilines is 2. The third-order valence-electron chi connectivity index (χ3n) is 5.42. The van der Waals surface area contributed by atoms with E-state index >= 15 is 0 Å². The number of nitrogens with zero attached hydrogens (tertiary/aromatic N) is 2. The lowest BCUT2D eigenvalue weighted by atomic mass is 10.00. The largest absolute Gasteiger partial charge is 0.308 e. The number of aryl methyl sites for hydroxylation is 1. The van der Waals surface area contributed by atoms with Gasteiger partial charge in [-0.2, -0.15) is 0 Å². The molecule has 3 aromatic carbocycles.